The van der Waals surface area contributed by atoms with Crippen LogP contribution in [0.15, 0.2) is 42.7 Å². The van der Waals surface area contributed by atoms with Crippen molar-refractivity contribution in [3.8, 4) is 0 Å². The van der Waals surface area contributed by atoms with Crippen molar-refractivity contribution in [2.24, 2.45) is 0 Å². The van der Waals surface area contributed by atoms with Gasteiger partial charge in [0.05, 0.1) is 17.9 Å². The molecule has 2 aromatic rings. The van der Waals surface area contributed by atoms with Crippen LogP contribution in [0.3, 0.4) is 0 Å². The van der Waals surface area contributed by atoms with Crippen LogP contribution in [0.1, 0.15) is 24.1 Å². The van der Waals surface area contributed by atoms with Gasteiger partial charge in [0.25, 0.3) is 0 Å². The van der Waals surface area contributed by atoms with E-state index in [0.29, 0.717) is 5.56 Å². The van der Waals surface area contributed by atoms with Crippen molar-refractivity contribution >= 4 is 5.69 Å². The molecule has 106 valence electrons. The molecule has 3 nitrogen and oxygen atoms in total. The van der Waals surface area contributed by atoms with Crippen molar-refractivity contribution in [2.75, 3.05) is 19.0 Å². The van der Waals surface area contributed by atoms with Crippen LogP contribution in [0.25, 0.3) is 0 Å². The largest absolute Gasteiger partial charge is 0.366 e. The minimum Gasteiger partial charge on any atom is -0.366 e. The van der Waals surface area contributed by atoms with Crippen molar-refractivity contribution < 1.29 is 4.39 Å². The standard InChI is InChI=1S/C16H20FN3/c1-12(14-6-4-5-7-15(14)17)20(3)16-11-19-9-8-13(16)10-18-2/h4-9,11-12,18H,10H2,1-3H3. The highest BCUT2D eigenvalue weighted by atomic mass is 19.1. The number of benzene rings is 1. The van der Waals surface area contributed by atoms with E-state index in [2.05, 4.69) is 15.2 Å². The molecule has 0 aliphatic carbocycles. The number of rotatable bonds is 5. The summed E-state index contributed by atoms with van der Waals surface area (Å²) in [5.41, 5.74) is 2.85. The van der Waals surface area contributed by atoms with E-state index >= 15 is 0 Å². The lowest BCUT2D eigenvalue weighted by molar-refractivity contribution is 0.584. The fraction of sp³-hybridized carbons (Fsp3) is 0.312. The van der Waals surface area contributed by atoms with Gasteiger partial charge in [-0.3, -0.25) is 4.98 Å². The molecule has 0 saturated heterocycles. The Hall–Kier alpha value is -1.94. The summed E-state index contributed by atoms with van der Waals surface area (Å²) in [7, 11) is 3.87. The Morgan fingerprint density at radius 1 is 1.30 bits per heavy atom. The summed E-state index contributed by atoms with van der Waals surface area (Å²) in [6, 6.07) is 8.82. The maximum atomic E-state index is 13.9. The van der Waals surface area contributed by atoms with Gasteiger partial charge in [0.15, 0.2) is 0 Å². The molecule has 20 heavy (non-hydrogen) atoms. The van der Waals surface area contributed by atoms with E-state index in [1.54, 1.807) is 12.3 Å². The molecule has 0 aliphatic rings. The Morgan fingerprint density at radius 3 is 2.75 bits per heavy atom. The van der Waals surface area contributed by atoms with E-state index in [9.17, 15) is 4.39 Å². The highest BCUT2D eigenvalue weighted by Crippen LogP contribution is 2.28. The number of nitrogens with one attached hydrogen (secondary N) is 1. The minimum absolute atomic E-state index is 0.0593. The Balaban J connectivity index is 2.31. The summed E-state index contributed by atoms with van der Waals surface area (Å²) in [6.45, 7) is 2.75. The Morgan fingerprint density at radius 2 is 2.05 bits per heavy atom. The molecule has 4 heteroatoms. The first-order chi connectivity index (χ1) is 9.65. The van der Waals surface area contributed by atoms with E-state index in [4.69, 9.17) is 0 Å². The smallest absolute Gasteiger partial charge is 0.128 e. The third kappa shape index (κ3) is 2.96. The lowest BCUT2D eigenvalue weighted by atomic mass is 10.1. The normalized spacial score (nSPS) is 12.2. The van der Waals surface area contributed by atoms with Gasteiger partial charge in [-0.05, 0) is 31.7 Å². The zero-order valence-corrected chi connectivity index (χ0v) is 12.1. The molecule has 0 spiro atoms. The van der Waals surface area contributed by atoms with Gasteiger partial charge in [-0.25, -0.2) is 4.39 Å². The summed E-state index contributed by atoms with van der Waals surface area (Å²) < 4.78 is 13.9. The van der Waals surface area contributed by atoms with Crippen LogP contribution in [0.5, 0.6) is 0 Å². The highest BCUT2D eigenvalue weighted by Gasteiger charge is 2.17. The fourth-order valence-corrected chi connectivity index (χ4v) is 2.30. The summed E-state index contributed by atoms with van der Waals surface area (Å²) in [5.74, 6) is -0.175. The summed E-state index contributed by atoms with van der Waals surface area (Å²) in [6.07, 6.45) is 3.60. The Bertz CT molecular complexity index is 571. The lowest BCUT2D eigenvalue weighted by Crippen LogP contribution is -2.24. The first kappa shape index (κ1) is 14.5. The number of nitrogens with zero attached hydrogens (tertiary/aromatic N) is 2. The first-order valence-electron chi connectivity index (χ1n) is 6.70. The molecule has 0 bridgehead atoms. The second-order valence-electron chi connectivity index (χ2n) is 4.84. The van der Waals surface area contributed by atoms with Gasteiger partial charge in [0.1, 0.15) is 5.82 Å². The van der Waals surface area contributed by atoms with Gasteiger partial charge in [-0.2, -0.15) is 0 Å². The van der Waals surface area contributed by atoms with Crippen molar-refractivity contribution in [1.29, 1.82) is 0 Å². The number of hydrogen-bond donors (Lipinski definition) is 1. The molecule has 2 rings (SSSR count). The molecule has 0 amide bonds. The van der Waals surface area contributed by atoms with Gasteiger partial charge in [0.2, 0.25) is 0 Å². The van der Waals surface area contributed by atoms with E-state index in [1.807, 2.05) is 45.4 Å². The monoisotopic (exact) mass is 273 g/mol. The molecule has 0 radical (unpaired) electrons. The first-order valence-corrected chi connectivity index (χ1v) is 6.70. The maximum absolute atomic E-state index is 13.9. The minimum atomic E-state index is -0.175. The van der Waals surface area contributed by atoms with Gasteiger partial charge in [0, 0.05) is 25.4 Å². The predicted octanol–water partition coefficient (Wildman–Crippen LogP) is 3.14. The number of anilines is 1. The third-order valence-electron chi connectivity index (χ3n) is 3.57. The van der Waals surface area contributed by atoms with Gasteiger partial charge in [-0.15, -0.1) is 0 Å². The highest BCUT2D eigenvalue weighted by molar-refractivity contribution is 5.53. The lowest BCUT2D eigenvalue weighted by Gasteiger charge is -2.29. The average molecular weight is 273 g/mol. The zero-order valence-electron chi connectivity index (χ0n) is 12.1. The van der Waals surface area contributed by atoms with Crippen molar-refractivity contribution in [3.63, 3.8) is 0 Å². The number of halogens is 1. The quantitative estimate of drug-likeness (QED) is 0.907. The predicted molar refractivity (Wildman–Crippen MR) is 80.2 cm³/mol. The Labute approximate surface area is 119 Å². The third-order valence-corrected chi connectivity index (χ3v) is 3.57. The van der Waals surface area contributed by atoms with Crippen LogP contribution < -0.4 is 10.2 Å². The van der Waals surface area contributed by atoms with E-state index in [-0.39, 0.29) is 11.9 Å². The van der Waals surface area contributed by atoms with Crippen LogP contribution in [-0.2, 0) is 6.54 Å². The molecular weight excluding hydrogens is 253 g/mol. The molecule has 1 N–H and O–H groups in total. The fourth-order valence-electron chi connectivity index (χ4n) is 2.30. The SMILES string of the molecule is CNCc1ccncc1N(C)C(C)c1ccccc1F. The second-order valence-corrected chi connectivity index (χ2v) is 4.84. The molecule has 0 aliphatic heterocycles. The molecule has 0 fully saturated rings. The van der Waals surface area contributed by atoms with Gasteiger partial charge < -0.3 is 10.2 Å². The topological polar surface area (TPSA) is 28.2 Å². The van der Waals surface area contributed by atoms with E-state index in [1.165, 1.54) is 6.07 Å². The number of aromatic nitrogens is 1. The summed E-state index contributed by atoms with van der Waals surface area (Å²) >= 11 is 0. The molecule has 1 heterocycles. The molecule has 1 atom stereocenters. The van der Waals surface area contributed by atoms with Crippen LogP contribution in [0, 0.1) is 5.82 Å². The van der Waals surface area contributed by atoms with E-state index < -0.39 is 0 Å². The van der Waals surface area contributed by atoms with Gasteiger partial charge in [-0.1, -0.05) is 18.2 Å². The van der Waals surface area contributed by atoms with Crippen LogP contribution in [0.2, 0.25) is 0 Å². The number of hydrogen-bond acceptors (Lipinski definition) is 3. The second kappa shape index (κ2) is 6.48. The maximum Gasteiger partial charge on any atom is 0.128 e. The van der Waals surface area contributed by atoms with E-state index in [0.717, 1.165) is 17.8 Å². The molecule has 1 aromatic carbocycles. The average Bonchev–Trinajstić information content (AvgIpc) is 2.47. The molecular formula is C16H20FN3. The van der Waals surface area contributed by atoms with Crippen LogP contribution >= 0.6 is 0 Å². The number of pyridine rings is 1. The molecule has 1 unspecified atom stereocenters. The summed E-state index contributed by atoms with van der Waals surface area (Å²) in [4.78, 5) is 6.24. The Kier molecular flexibility index (Phi) is 4.69. The van der Waals surface area contributed by atoms with Gasteiger partial charge >= 0.3 is 0 Å². The summed E-state index contributed by atoms with van der Waals surface area (Å²) in [5, 5.41) is 3.14. The molecule has 1 aromatic heterocycles. The van der Waals surface area contributed by atoms with Crippen LogP contribution in [-0.4, -0.2) is 19.1 Å². The van der Waals surface area contributed by atoms with Crippen molar-refractivity contribution in [3.05, 3.63) is 59.7 Å². The van der Waals surface area contributed by atoms with Crippen molar-refractivity contribution in [1.82, 2.24) is 10.3 Å². The van der Waals surface area contributed by atoms with Crippen molar-refractivity contribution in [2.45, 2.75) is 19.5 Å². The zero-order chi connectivity index (χ0) is 14.5. The van der Waals surface area contributed by atoms with Crippen LogP contribution in [0.4, 0.5) is 10.1 Å². The molecule has 0 saturated carbocycles.